The third kappa shape index (κ3) is 7.71. The van der Waals surface area contributed by atoms with Crippen LogP contribution in [0, 0.1) is 0 Å². The second-order valence-electron chi connectivity index (χ2n) is 3.52. The molecule has 0 unspecified atom stereocenters. The van der Waals surface area contributed by atoms with E-state index in [4.69, 9.17) is 0 Å². The maximum absolute atomic E-state index is 11.2. The highest BCUT2D eigenvalue weighted by Gasteiger charge is 2.25. The van der Waals surface area contributed by atoms with Crippen molar-refractivity contribution in [3.63, 3.8) is 0 Å². The van der Waals surface area contributed by atoms with E-state index in [1.54, 1.807) is 0 Å². The van der Waals surface area contributed by atoms with E-state index in [0.29, 0.717) is 0 Å². The largest absolute Gasteiger partial charge is 0.284 e. The zero-order valence-electron chi connectivity index (χ0n) is 9.13. The first-order chi connectivity index (χ1) is 6.54. The fourth-order valence-corrected chi connectivity index (χ4v) is 3.85. The Bertz CT molecular complexity index is 340. The van der Waals surface area contributed by atoms with Crippen LogP contribution in [-0.4, -0.2) is 34.1 Å². The van der Waals surface area contributed by atoms with E-state index in [1.165, 1.54) is 27.7 Å². The van der Waals surface area contributed by atoms with Gasteiger partial charge in [-0.05, 0) is 27.7 Å². The topological polar surface area (TPSA) is 86.7 Å². The minimum atomic E-state index is -4.10. The van der Waals surface area contributed by atoms with Crippen LogP contribution >= 0.6 is 0 Å². The first kappa shape index (κ1) is 14.8. The van der Waals surface area contributed by atoms with Gasteiger partial charge in [-0.1, -0.05) is 0 Å². The van der Waals surface area contributed by atoms with Gasteiger partial charge in [0.1, 0.15) is 0 Å². The molecule has 8 heteroatoms. The van der Waals surface area contributed by atoms with E-state index in [1.807, 2.05) is 0 Å². The zero-order valence-corrected chi connectivity index (χ0v) is 10.8. The van der Waals surface area contributed by atoms with Gasteiger partial charge in [0.25, 0.3) is 20.2 Å². The molecule has 0 amide bonds. The highest BCUT2D eigenvalue weighted by molar-refractivity contribution is 8.03. The Kier molecular flexibility index (Phi) is 5.18. The van der Waals surface area contributed by atoms with Gasteiger partial charge in [0.05, 0.1) is 12.2 Å². The summed E-state index contributed by atoms with van der Waals surface area (Å²) in [6.45, 7) is 5.97. The molecular weight excluding hydrogens is 244 g/mol. The smallest absolute Gasteiger partial charge is 0.267 e. The summed E-state index contributed by atoms with van der Waals surface area (Å²) >= 11 is 0. The molecule has 0 fully saturated rings. The van der Waals surface area contributed by atoms with Crippen LogP contribution in [0.2, 0.25) is 0 Å². The predicted molar refractivity (Wildman–Crippen MR) is 55.1 cm³/mol. The Morgan fingerprint density at radius 1 is 0.800 bits per heavy atom. The van der Waals surface area contributed by atoms with E-state index in [0.717, 1.165) is 0 Å². The van der Waals surface area contributed by atoms with Gasteiger partial charge < -0.3 is 0 Å². The molecule has 0 rings (SSSR count). The molecule has 0 aliphatic rings. The summed E-state index contributed by atoms with van der Waals surface area (Å²) in [6.07, 6.45) is -1.19. The Morgan fingerprint density at radius 2 is 1.07 bits per heavy atom. The molecule has 92 valence electrons. The van der Waals surface area contributed by atoms with Gasteiger partial charge in [-0.25, -0.2) is 0 Å². The number of hydrogen-bond donors (Lipinski definition) is 0. The van der Waals surface area contributed by atoms with Crippen molar-refractivity contribution in [3.05, 3.63) is 0 Å². The Morgan fingerprint density at radius 3 is 1.27 bits per heavy atom. The molecule has 0 aromatic heterocycles. The first-order valence-corrected chi connectivity index (χ1v) is 7.51. The number of hydrogen-bond acceptors (Lipinski definition) is 6. The van der Waals surface area contributed by atoms with Crippen LogP contribution < -0.4 is 0 Å². The summed E-state index contributed by atoms with van der Waals surface area (Å²) in [5.41, 5.74) is 0. The van der Waals surface area contributed by atoms with Crippen molar-refractivity contribution in [2.24, 2.45) is 0 Å². The molecule has 0 aromatic carbocycles. The third-order valence-electron chi connectivity index (χ3n) is 0.967. The Labute approximate surface area is 90.8 Å². The van der Waals surface area contributed by atoms with Gasteiger partial charge in [0.15, 0.2) is 0 Å². The van der Waals surface area contributed by atoms with Gasteiger partial charge in [0, 0.05) is 0 Å². The van der Waals surface area contributed by atoms with Crippen LogP contribution in [0.5, 0.6) is 0 Å². The normalized spacial score (nSPS) is 13.7. The number of rotatable bonds is 6. The van der Waals surface area contributed by atoms with Crippen molar-refractivity contribution in [1.82, 2.24) is 0 Å². The molecule has 0 atom stereocenters. The Hall–Kier alpha value is -0.180. The zero-order chi connectivity index (χ0) is 12.3. The molecule has 0 bridgehead atoms. The van der Waals surface area contributed by atoms with Crippen molar-refractivity contribution >= 4 is 20.2 Å². The highest BCUT2D eigenvalue weighted by Crippen LogP contribution is 2.07. The lowest BCUT2D eigenvalue weighted by Gasteiger charge is -2.10. The van der Waals surface area contributed by atoms with Gasteiger partial charge in [0.2, 0.25) is 5.08 Å². The van der Waals surface area contributed by atoms with Gasteiger partial charge in [-0.2, -0.15) is 16.8 Å². The highest BCUT2D eigenvalue weighted by atomic mass is 32.3. The lowest BCUT2D eigenvalue weighted by molar-refractivity contribution is 0.242. The predicted octanol–water partition coefficient (Wildman–Crippen LogP) is 0.454. The van der Waals surface area contributed by atoms with Crippen molar-refractivity contribution in [2.45, 2.75) is 39.9 Å². The molecule has 0 saturated carbocycles. The fraction of sp³-hybridized carbons (Fsp3) is 1.00. The molecular formula is C7H16O6S2. The van der Waals surface area contributed by atoms with E-state index in [2.05, 4.69) is 8.37 Å². The molecule has 0 aromatic rings. The molecule has 15 heavy (non-hydrogen) atoms. The minimum absolute atomic E-state index is 0.593. The van der Waals surface area contributed by atoms with E-state index >= 15 is 0 Å². The van der Waals surface area contributed by atoms with Crippen LogP contribution in [-0.2, 0) is 28.6 Å². The molecule has 0 N–H and O–H groups in total. The molecule has 0 aliphatic heterocycles. The van der Waals surface area contributed by atoms with Crippen LogP contribution in [0.15, 0.2) is 0 Å². The second kappa shape index (κ2) is 5.24. The Balaban J connectivity index is 4.60. The van der Waals surface area contributed by atoms with Crippen molar-refractivity contribution < 1.29 is 25.2 Å². The summed E-state index contributed by atoms with van der Waals surface area (Å²) in [7, 11) is -8.19. The summed E-state index contributed by atoms with van der Waals surface area (Å²) in [5.74, 6) is 0. The lowest BCUT2D eigenvalue weighted by atomic mass is 10.5. The average Bonchev–Trinajstić information content (AvgIpc) is 1.73. The van der Waals surface area contributed by atoms with Crippen LogP contribution in [0.4, 0.5) is 0 Å². The van der Waals surface area contributed by atoms with Crippen molar-refractivity contribution in [2.75, 3.05) is 5.08 Å². The summed E-state index contributed by atoms with van der Waals surface area (Å²) in [4.78, 5) is 0. The molecule has 0 radical (unpaired) electrons. The maximum Gasteiger partial charge on any atom is 0.284 e. The molecule has 0 heterocycles. The first-order valence-electron chi connectivity index (χ1n) is 4.36. The van der Waals surface area contributed by atoms with Crippen molar-refractivity contribution in [1.29, 1.82) is 0 Å². The van der Waals surface area contributed by atoms with Crippen LogP contribution in [0.3, 0.4) is 0 Å². The van der Waals surface area contributed by atoms with Gasteiger partial charge >= 0.3 is 0 Å². The van der Waals surface area contributed by atoms with E-state index < -0.39 is 37.5 Å². The van der Waals surface area contributed by atoms with Crippen molar-refractivity contribution in [3.8, 4) is 0 Å². The molecule has 0 aliphatic carbocycles. The summed E-state index contributed by atoms with van der Waals surface area (Å²) < 4.78 is 53.6. The second-order valence-corrected chi connectivity index (χ2v) is 7.08. The summed E-state index contributed by atoms with van der Waals surface area (Å²) in [6, 6.07) is 0. The lowest BCUT2D eigenvalue weighted by Crippen LogP contribution is -2.24. The monoisotopic (exact) mass is 260 g/mol. The van der Waals surface area contributed by atoms with Gasteiger partial charge in [-0.3, -0.25) is 8.37 Å². The van der Waals surface area contributed by atoms with E-state index in [9.17, 15) is 16.8 Å². The standard InChI is InChI=1S/C7H16O6S2/c1-6(2)12-14(8,9)5-15(10,11)13-7(3)4/h6-7H,5H2,1-4H3. The quantitative estimate of drug-likeness (QED) is 0.644. The SMILES string of the molecule is CC(C)OS(=O)(=O)CS(=O)(=O)OC(C)C. The van der Waals surface area contributed by atoms with Gasteiger partial charge in [-0.15, -0.1) is 0 Å². The third-order valence-corrected chi connectivity index (χ3v) is 4.63. The van der Waals surface area contributed by atoms with E-state index in [-0.39, 0.29) is 0 Å². The summed E-state index contributed by atoms with van der Waals surface area (Å²) in [5, 5.41) is -1.16. The van der Waals surface area contributed by atoms with Crippen LogP contribution in [0.1, 0.15) is 27.7 Å². The average molecular weight is 260 g/mol. The fourth-order valence-electron chi connectivity index (χ4n) is 0.819. The minimum Gasteiger partial charge on any atom is -0.267 e. The maximum atomic E-state index is 11.2. The molecule has 0 saturated heterocycles. The van der Waals surface area contributed by atoms with Crippen LogP contribution in [0.25, 0.3) is 0 Å². The molecule has 6 nitrogen and oxygen atoms in total. The molecule has 0 spiro atoms.